The van der Waals surface area contributed by atoms with Crippen LogP contribution in [-0.4, -0.2) is 16.8 Å². The molecule has 0 fully saturated rings. The van der Waals surface area contributed by atoms with Gasteiger partial charge in [-0.15, -0.1) is 0 Å². The molecule has 2 N–H and O–H groups in total. The Morgan fingerprint density at radius 2 is 2.15 bits per heavy atom. The average molecular weight is 178 g/mol. The summed E-state index contributed by atoms with van der Waals surface area (Å²) >= 11 is 0. The predicted octanol–water partition coefficient (Wildman–Crippen LogP) is 2.10. The van der Waals surface area contributed by atoms with Crippen LogP contribution >= 0.6 is 0 Å². The third kappa shape index (κ3) is 2.92. The number of phenolic OH excluding ortho intramolecular Hbond substituents is 1. The molecule has 0 radical (unpaired) electrons. The highest BCUT2D eigenvalue weighted by atomic mass is 16.3. The predicted molar refractivity (Wildman–Crippen MR) is 53.6 cm³/mol. The van der Waals surface area contributed by atoms with E-state index >= 15 is 0 Å². The molecule has 0 amide bonds. The lowest BCUT2D eigenvalue weighted by molar-refractivity contribution is 0.303. The Balaban J connectivity index is 2.73. The number of aliphatic hydroxyl groups excluding tert-OH is 1. The smallest absolute Gasteiger partial charge is 0.118 e. The maximum absolute atomic E-state index is 9.25. The van der Waals surface area contributed by atoms with E-state index < -0.39 is 0 Å². The normalized spacial score (nSPS) is 10.9. The third-order valence-electron chi connectivity index (χ3n) is 1.83. The molecule has 0 saturated heterocycles. The van der Waals surface area contributed by atoms with E-state index in [-0.39, 0.29) is 6.61 Å². The summed E-state index contributed by atoms with van der Waals surface area (Å²) in [6.07, 6.45) is 4.51. The first-order valence-corrected chi connectivity index (χ1v) is 4.31. The first kappa shape index (κ1) is 9.81. The van der Waals surface area contributed by atoms with E-state index in [1.807, 2.05) is 31.2 Å². The van der Waals surface area contributed by atoms with Crippen LogP contribution in [-0.2, 0) is 0 Å². The molecule has 0 unspecified atom stereocenters. The molecule has 0 atom stereocenters. The summed E-state index contributed by atoms with van der Waals surface area (Å²) in [5.74, 6) is 0.319. The number of hydrogen-bond donors (Lipinski definition) is 2. The quantitative estimate of drug-likeness (QED) is 0.744. The summed E-state index contributed by atoms with van der Waals surface area (Å²) in [6, 6.07) is 5.42. The number of aromatic hydroxyl groups is 1. The van der Waals surface area contributed by atoms with Crippen molar-refractivity contribution in [1.82, 2.24) is 0 Å². The molecule has 1 aromatic rings. The number of aryl methyl sites for hydroxylation is 1. The number of benzene rings is 1. The van der Waals surface area contributed by atoms with Gasteiger partial charge in [0.1, 0.15) is 5.75 Å². The number of hydrogen-bond acceptors (Lipinski definition) is 2. The lowest BCUT2D eigenvalue weighted by Gasteiger charge is -1.99. The molecule has 1 aromatic carbocycles. The summed E-state index contributed by atoms with van der Waals surface area (Å²) < 4.78 is 0. The Kier molecular flexibility index (Phi) is 3.53. The van der Waals surface area contributed by atoms with Crippen LogP contribution < -0.4 is 0 Å². The highest BCUT2D eigenvalue weighted by Gasteiger charge is 1.94. The van der Waals surface area contributed by atoms with Gasteiger partial charge in [0.2, 0.25) is 0 Å². The van der Waals surface area contributed by atoms with E-state index in [1.54, 1.807) is 6.07 Å². The fraction of sp³-hybridized carbons (Fsp3) is 0.273. The Morgan fingerprint density at radius 1 is 1.38 bits per heavy atom. The van der Waals surface area contributed by atoms with Gasteiger partial charge in [-0.25, -0.2) is 0 Å². The van der Waals surface area contributed by atoms with E-state index in [9.17, 15) is 5.11 Å². The highest BCUT2D eigenvalue weighted by molar-refractivity contribution is 5.52. The van der Waals surface area contributed by atoms with Crippen LogP contribution in [0, 0.1) is 6.92 Å². The first-order chi connectivity index (χ1) is 6.24. The molecule has 0 bridgehead atoms. The fourth-order valence-electron chi connectivity index (χ4n) is 1.08. The molecule has 0 saturated carbocycles. The molecule has 0 spiro atoms. The van der Waals surface area contributed by atoms with Gasteiger partial charge in [0.05, 0.1) is 0 Å². The molecule has 0 aliphatic rings. The van der Waals surface area contributed by atoms with Crippen LogP contribution in [0.2, 0.25) is 0 Å². The maximum atomic E-state index is 9.25. The second kappa shape index (κ2) is 4.67. The number of rotatable bonds is 3. The van der Waals surface area contributed by atoms with Gasteiger partial charge >= 0.3 is 0 Å². The zero-order chi connectivity index (χ0) is 9.68. The van der Waals surface area contributed by atoms with E-state index in [1.165, 1.54) is 0 Å². The topological polar surface area (TPSA) is 40.5 Å². The van der Waals surface area contributed by atoms with Gasteiger partial charge in [-0.3, -0.25) is 0 Å². The molecule has 0 aromatic heterocycles. The van der Waals surface area contributed by atoms with Crippen molar-refractivity contribution >= 4 is 6.08 Å². The van der Waals surface area contributed by atoms with E-state index in [0.29, 0.717) is 12.2 Å². The van der Waals surface area contributed by atoms with Crippen molar-refractivity contribution in [2.45, 2.75) is 13.3 Å². The molecule has 13 heavy (non-hydrogen) atoms. The lowest BCUT2D eigenvalue weighted by Crippen LogP contribution is -1.78. The molecular formula is C11H14O2. The van der Waals surface area contributed by atoms with Crippen LogP contribution in [0.5, 0.6) is 5.75 Å². The summed E-state index contributed by atoms with van der Waals surface area (Å²) in [5.41, 5.74) is 1.91. The van der Waals surface area contributed by atoms with Crippen molar-refractivity contribution in [2.24, 2.45) is 0 Å². The van der Waals surface area contributed by atoms with Crippen LogP contribution in [0.15, 0.2) is 24.3 Å². The molecule has 0 heterocycles. The maximum Gasteiger partial charge on any atom is 0.118 e. The summed E-state index contributed by atoms with van der Waals surface area (Å²) in [5, 5.41) is 17.8. The zero-order valence-corrected chi connectivity index (χ0v) is 7.70. The minimum absolute atomic E-state index is 0.174. The number of aliphatic hydroxyl groups is 1. The molecule has 0 aliphatic heterocycles. The monoisotopic (exact) mass is 178 g/mol. The SMILES string of the molecule is Cc1cc(C=CCCO)ccc1O. The standard InChI is InChI=1S/C11H14O2/c1-9-8-10(4-2-3-7-12)5-6-11(9)13/h2,4-6,8,12-13H,3,7H2,1H3. The third-order valence-corrected chi connectivity index (χ3v) is 1.83. The summed E-state index contributed by atoms with van der Waals surface area (Å²) in [7, 11) is 0. The van der Waals surface area contributed by atoms with Crippen LogP contribution in [0.25, 0.3) is 6.08 Å². The van der Waals surface area contributed by atoms with Crippen LogP contribution in [0.3, 0.4) is 0 Å². The van der Waals surface area contributed by atoms with Crippen molar-refractivity contribution in [3.05, 3.63) is 35.4 Å². The van der Waals surface area contributed by atoms with Gasteiger partial charge in [0.25, 0.3) is 0 Å². The zero-order valence-electron chi connectivity index (χ0n) is 7.70. The minimum atomic E-state index is 0.174. The highest BCUT2D eigenvalue weighted by Crippen LogP contribution is 2.17. The number of phenols is 1. The van der Waals surface area contributed by atoms with Gasteiger partial charge in [-0.2, -0.15) is 0 Å². The first-order valence-electron chi connectivity index (χ1n) is 4.31. The van der Waals surface area contributed by atoms with Crippen molar-refractivity contribution < 1.29 is 10.2 Å². The Labute approximate surface area is 78.2 Å². The van der Waals surface area contributed by atoms with Gasteiger partial charge < -0.3 is 10.2 Å². The van der Waals surface area contributed by atoms with Crippen LogP contribution in [0.4, 0.5) is 0 Å². The van der Waals surface area contributed by atoms with Gasteiger partial charge in [-0.05, 0) is 36.6 Å². The van der Waals surface area contributed by atoms with Gasteiger partial charge in [0, 0.05) is 6.61 Å². The molecule has 0 aliphatic carbocycles. The Hall–Kier alpha value is -1.28. The minimum Gasteiger partial charge on any atom is -0.508 e. The summed E-state index contributed by atoms with van der Waals surface area (Å²) in [6.45, 7) is 2.03. The summed E-state index contributed by atoms with van der Waals surface area (Å²) in [4.78, 5) is 0. The molecule has 70 valence electrons. The molecule has 2 nitrogen and oxygen atoms in total. The molecule has 2 heteroatoms. The van der Waals surface area contributed by atoms with Gasteiger partial charge in [0.15, 0.2) is 0 Å². The van der Waals surface area contributed by atoms with Crippen molar-refractivity contribution in [3.63, 3.8) is 0 Å². The van der Waals surface area contributed by atoms with E-state index in [4.69, 9.17) is 5.11 Å². The second-order valence-electron chi connectivity index (χ2n) is 2.96. The largest absolute Gasteiger partial charge is 0.508 e. The molecule has 1 rings (SSSR count). The van der Waals surface area contributed by atoms with Gasteiger partial charge in [-0.1, -0.05) is 18.2 Å². The lowest BCUT2D eigenvalue weighted by atomic mass is 10.1. The Bertz CT molecular complexity index is 303. The van der Waals surface area contributed by atoms with E-state index in [0.717, 1.165) is 11.1 Å². The average Bonchev–Trinajstić information content (AvgIpc) is 2.12. The van der Waals surface area contributed by atoms with Crippen molar-refractivity contribution in [3.8, 4) is 5.75 Å². The van der Waals surface area contributed by atoms with Crippen LogP contribution in [0.1, 0.15) is 17.5 Å². The second-order valence-corrected chi connectivity index (χ2v) is 2.96. The molecular weight excluding hydrogens is 164 g/mol. The fourth-order valence-corrected chi connectivity index (χ4v) is 1.08. The Morgan fingerprint density at radius 3 is 2.77 bits per heavy atom. The van der Waals surface area contributed by atoms with Crippen molar-refractivity contribution in [1.29, 1.82) is 0 Å². The van der Waals surface area contributed by atoms with Crippen molar-refractivity contribution in [2.75, 3.05) is 6.61 Å². The van der Waals surface area contributed by atoms with E-state index in [2.05, 4.69) is 0 Å².